The molecule has 0 bridgehead atoms. The SMILES string of the molecule is N#CC1(CCCO)C(n2cc(C(N)=O)c(Nc3ccc(F)cc3)n2)CCN(C(=O)O)C1(F)F. The maximum atomic E-state index is 15.4. The second-order valence-corrected chi connectivity index (χ2v) is 7.56. The van der Waals surface area contributed by atoms with Gasteiger partial charge in [-0.15, -0.1) is 0 Å². The number of piperidine rings is 1. The van der Waals surface area contributed by atoms with Crippen LogP contribution in [0, 0.1) is 22.6 Å². The first kappa shape index (κ1) is 23.9. The van der Waals surface area contributed by atoms with Crippen LogP contribution in [-0.4, -0.2) is 56.1 Å². The fraction of sp³-hybridized carbons (Fsp3) is 0.400. The maximum absolute atomic E-state index is 15.4. The summed E-state index contributed by atoms with van der Waals surface area (Å²) in [6, 6.07) is 1.15. The average molecular weight is 466 g/mol. The number of aliphatic hydroxyl groups excluding tert-OH is 1. The Morgan fingerprint density at radius 2 is 2.00 bits per heavy atom. The van der Waals surface area contributed by atoms with E-state index in [0.717, 1.165) is 23.0 Å². The Morgan fingerprint density at radius 1 is 1.33 bits per heavy atom. The fourth-order valence-corrected chi connectivity index (χ4v) is 4.02. The van der Waals surface area contributed by atoms with Crippen molar-refractivity contribution < 1.29 is 33.0 Å². The summed E-state index contributed by atoms with van der Waals surface area (Å²) >= 11 is 0. The highest BCUT2D eigenvalue weighted by atomic mass is 19.3. The average Bonchev–Trinajstić information content (AvgIpc) is 3.17. The first-order chi connectivity index (χ1) is 15.6. The highest BCUT2D eigenvalue weighted by Crippen LogP contribution is 2.54. The van der Waals surface area contributed by atoms with Crippen molar-refractivity contribution in [3.8, 4) is 6.07 Å². The molecule has 13 heteroatoms. The Kier molecular flexibility index (Phi) is 6.50. The van der Waals surface area contributed by atoms with E-state index in [1.165, 1.54) is 12.1 Å². The highest BCUT2D eigenvalue weighted by molar-refractivity contribution is 5.98. The number of hydrogen-bond donors (Lipinski definition) is 4. The predicted octanol–water partition coefficient (Wildman–Crippen LogP) is 2.66. The third kappa shape index (κ3) is 4.17. The van der Waals surface area contributed by atoms with Crippen molar-refractivity contribution >= 4 is 23.5 Å². The molecule has 2 atom stereocenters. The molecule has 5 N–H and O–H groups in total. The number of carbonyl (C=O) groups excluding carboxylic acids is 1. The largest absolute Gasteiger partial charge is 0.465 e. The molecule has 1 aliphatic rings. The Balaban J connectivity index is 2.09. The Morgan fingerprint density at radius 3 is 2.55 bits per heavy atom. The molecule has 1 aromatic heterocycles. The molecule has 1 aromatic carbocycles. The molecule has 1 saturated heterocycles. The van der Waals surface area contributed by atoms with Crippen LogP contribution in [0.3, 0.4) is 0 Å². The van der Waals surface area contributed by atoms with E-state index in [1.807, 2.05) is 0 Å². The summed E-state index contributed by atoms with van der Waals surface area (Å²) in [5.74, 6) is -1.54. The summed E-state index contributed by atoms with van der Waals surface area (Å²) in [5, 5.41) is 35.3. The van der Waals surface area contributed by atoms with Gasteiger partial charge in [-0.05, 0) is 43.5 Å². The number of nitrogens with two attached hydrogens (primary N) is 1. The normalized spacial score (nSPS) is 21.9. The predicted molar refractivity (Wildman–Crippen MR) is 108 cm³/mol. The number of likely N-dealkylation sites (tertiary alicyclic amines) is 1. The van der Waals surface area contributed by atoms with Crippen LogP contribution in [0.1, 0.15) is 35.7 Å². The van der Waals surface area contributed by atoms with Crippen molar-refractivity contribution in [3.05, 3.63) is 41.8 Å². The number of primary amides is 1. The van der Waals surface area contributed by atoms with E-state index in [-0.39, 0.29) is 29.1 Å². The molecule has 0 radical (unpaired) electrons. The molecule has 1 fully saturated rings. The van der Waals surface area contributed by atoms with Crippen LogP contribution >= 0.6 is 0 Å². The van der Waals surface area contributed by atoms with Gasteiger partial charge in [0.05, 0.1) is 12.1 Å². The van der Waals surface area contributed by atoms with Crippen LogP contribution in [0.25, 0.3) is 0 Å². The third-order valence-electron chi connectivity index (χ3n) is 5.65. The number of rotatable bonds is 7. The number of carbonyl (C=O) groups is 2. The number of nitrogens with zero attached hydrogens (tertiary/aromatic N) is 4. The van der Waals surface area contributed by atoms with Crippen molar-refractivity contribution in [3.63, 3.8) is 0 Å². The lowest BCUT2D eigenvalue weighted by Gasteiger charge is -2.48. The molecule has 33 heavy (non-hydrogen) atoms. The van der Waals surface area contributed by atoms with Gasteiger partial charge < -0.3 is 21.3 Å². The summed E-state index contributed by atoms with van der Waals surface area (Å²) in [4.78, 5) is 23.3. The number of hydrogen-bond acceptors (Lipinski definition) is 6. The van der Waals surface area contributed by atoms with Crippen molar-refractivity contribution in [2.45, 2.75) is 31.4 Å². The molecule has 2 unspecified atom stereocenters. The lowest BCUT2D eigenvalue weighted by Crippen LogP contribution is -2.63. The number of anilines is 2. The zero-order valence-corrected chi connectivity index (χ0v) is 17.2. The van der Waals surface area contributed by atoms with Gasteiger partial charge in [-0.25, -0.2) is 14.1 Å². The Hall–Kier alpha value is -3.79. The zero-order valence-electron chi connectivity index (χ0n) is 17.2. The van der Waals surface area contributed by atoms with E-state index in [0.29, 0.717) is 5.69 Å². The van der Waals surface area contributed by atoms with E-state index in [1.54, 1.807) is 6.07 Å². The summed E-state index contributed by atoms with van der Waals surface area (Å²) < 4.78 is 45.0. The summed E-state index contributed by atoms with van der Waals surface area (Å²) in [6.45, 7) is -1.09. The van der Waals surface area contributed by atoms with Crippen LogP contribution in [0.2, 0.25) is 0 Å². The van der Waals surface area contributed by atoms with Gasteiger partial charge in [0.1, 0.15) is 11.4 Å². The number of amides is 2. The molecule has 2 amide bonds. The molecule has 10 nitrogen and oxygen atoms in total. The Bertz CT molecular complexity index is 1080. The first-order valence-corrected chi connectivity index (χ1v) is 9.89. The van der Waals surface area contributed by atoms with Gasteiger partial charge in [-0.1, -0.05) is 0 Å². The first-order valence-electron chi connectivity index (χ1n) is 9.89. The number of aromatic nitrogens is 2. The molecule has 176 valence electrons. The Labute approximate surface area is 186 Å². The number of nitriles is 1. The third-order valence-corrected chi connectivity index (χ3v) is 5.65. The minimum atomic E-state index is -4.12. The van der Waals surface area contributed by atoms with Crippen LogP contribution in [0.15, 0.2) is 30.5 Å². The minimum Gasteiger partial charge on any atom is -0.465 e. The number of nitrogens with one attached hydrogen (secondary N) is 1. The quantitative estimate of drug-likeness (QED) is 0.457. The summed E-state index contributed by atoms with van der Waals surface area (Å²) in [5.41, 5.74) is 2.99. The molecule has 0 spiro atoms. The van der Waals surface area contributed by atoms with Gasteiger partial charge in [0, 0.05) is 25.0 Å². The number of benzene rings is 1. The standard InChI is InChI=1S/C20H21F3N6O4/c21-12-2-4-13(5-3-12)26-17-14(16(25)31)10-29(27-17)15-6-8-28(18(32)33)20(22,23)19(15,11-24)7-1-9-30/h2-5,10,15,30H,1,6-9H2,(H2,25,31)(H,26,27)(H,32,33). The maximum Gasteiger partial charge on any atom is 0.411 e. The van der Waals surface area contributed by atoms with Crippen molar-refractivity contribution in [1.29, 1.82) is 5.26 Å². The van der Waals surface area contributed by atoms with Crippen molar-refractivity contribution in [1.82, 2.24) is 14.7 Å². The smallest absolute Gasteiger partial charge is 0.411 e. The molecule has 1 aliphatic heterocycles. The van der Waals surface area contributed by atoms with E-state index in [2.05, 4.69) is 10.4 Å². The molecule has 2 aromatic rings. The molecular weight excluding hydrogens is 445 g/mol. The second kappa shape index (κ2) is 8.99. The van der Waals surface area contributed by atoms with Gasteiger partial charge in [0.25, 0.3) is 5.91 Å². The molecule has 0 saturated carbocycles. The lowest BCUT2D eigenvalue weighted by atomic mass is 9.71. The van der Waals surface area contributed by atoms with Crippen LogP contribution in [-0.2, 0) is 0 Å². The van der Waals surface area contributed by atoms with Gasteiger partial charge >= 0.3 is 12.1 Å². The van der Waals surface area contributed by atoms with Gasteiger partial charge in [-0.2, -0.15) is 19.1 Å². The number of alkyl halides is 2. The summed E-state index contributed by atoms with van der Waals surface area (Å²) in [7, 11) is 0. The number of carboxylic acid groups (broad SMARTS) is 1. The van der Waals surface area contributed by atoms with E-state index < -0.39 is 54.9 Å². The van der Waals surface area contributed by atoms with Gasteiger partial charge in [0.2, 0.25) is 0 Å². The molecular formula is C20H21F3N6O4. The molecule has 2 heterocycles. The van der Waals surface area contributed by atoms with Gasteiger partial charge in [-0.3, -0.25) is 9.48 Å². The van der Waals surface area contributed by atoms with E-state index in [9.17, 15) is 29.5 Å². The fourth-order valence-electron chi connectivity index (χ4n) is 4.02. The van der Waals surface area contributed by atoms with Crippen molar-refractivity contribution in [2.75, 3.05) is 18.5 Å². The van der Waals surface area contributed by atoms with Crippen LogP contribution < -0.4 is 11.1 Å². The van der Waals surface area contributed by atoms with Crippen LogP contribution in [0.5, 0.6) is 0 Å². The highest BCUT2D eigenvalue weighted by Gasteiger charge is 2.66. The number of halogens is 3. The molecule has 0 aliphatic carbocycles. The minimum absolute atomic E-state index is 0.0970. The lowest BCUT2D eigenvalue weighted by molar-refractivity contribution is -0.235. The topological polar surface area (TPSA) is 157 Å². The van der Waals surface area contributed by atoms with Gasteiger partial charge in [0.15, 0.2) is 11.2 Å². The van der Waals surface area contributed by atoms with Crippen LogP contribution in [0.4, 0.5) is 29.5 Å². The zero-order chi connectivity index (χ0) is 24.4. The molecule has 3 rings (SSSR count). The van der Waals surface area contributed by atoms with Crippen molar-refractivity contribution in [2.24, 2.45) is 11.1 Å². The summed E-state index contributed by atoms with van der Waals surface area (Å²) in [6.07, 6.45) is -1.72. The number of aliphatic hydroxyl groups is 1. The van der Waals surface area contributed by atoms with E-state index >= 15 is 8.78 Å². The van der Waals surface area contributed by atoms with E-state index in [4.69, 9.17) is 5.73 Å². The second-order valence-electron chi connectivity index (χ2n) is 7.56. The monoisotopic (exact) mass is 466 g/mol.